The lowest BCUT2D eigenvalue weighted by molar-refractivity contribution is 0.431. The molecule has 0 aliphatic heterocycles. The van der Waals surface area contributed by atoms with Crippen LogP contribution in [0.1, 0.15) is 25.0 Å². The highest BCUT2D eigenvalue weighted by molar-refractivity contribution is 5.61. The Morgan fingerprint density at radius 1 is 1.39 bits per heavy atom. The second kappa shape index (κ2) is 5.31. The van der Waals surface area contributed by atoms with Crippen molar-refractivity contribution in [2.45, 2.75) is 33.4 Å². The highest BCUT2D eigenvalue weighted by atomic mass is 19.1. The number of hydrogen-bond donors (Lipinski definition) is 1. The molecule has 0 atom stereocenters. The molecule has 0 radical (unpaired) electrons. The summed E-state index contributed by atoms with van der Waals surface area (Å²) < 4.78 is 18.8. The van der Waals surface area contributed by atoms with E-state index in [-0.39, 0.29) is 5.82 Å². The van der Waals surface area contributed by atoms with Crippen molar-refractivity contribution in [3.8, 4) is 11.3 Å². The van der Waals surface area contributed by atoms with Gasteiger partial charge in [0.25, 0.3) is 0 Å². The first-order chi connectivity index (χ1) is 8.58. The van der Waals surface area contributed by atoms with E-state index in [9.17, 15) is 4.39 Å². The Labute approximate surface area is 106 Å². The van der Waals surface area contributed by atoms with Crippen LogP contribution in [0.25, 0.3) is 11.3 Å². The molecule has 1 heterocycles. The highest BCUT2D eigenvalue weighted by Gasteiger charge is 2.12. The van der Waals surface area contributed by atoms with Crippen LogP contribution in [0.4, 0.5) is 4.39 Å². The summed E-state index contributed by atoms with van der Waals surface area (Å²) >= 11 is 0. The molecule has 1 N–H and O–H groups in total. The van der Waals surface area contributed by atoms with Gasteiger partial charge in [0.2, 0.25) is 0 Å². The van der Waals surface area contributed by atoms with Gasteiger partial charge in [0.15, 0.2) is 5.76 Å². The van der Waals surface area contributed by atoms with Crippen LogP contribution in [-0.2, 0) is 6.54 Å². The Morgan fingerprint density at radius 3 is 2.83 bits per heavy atom. The number of aryl methyl sites for hydroxylation is 1. The fraction of sp³-hybridized carbons (Fsp3) is 0.357. The molecule has 0 aliphatic rings. The van der Waals surface area contributed by atoms with Gasteiger partial charge in [-0.25, -0.2) is 4.39 Å². The lowest BCUT2D eigenvalue weighted by Gasteiger charge is -2.07. The van der Waals surface area contributed by atoms with Crippen LogP contribution in [-0.4, -0.2) is 11.2 Å². The fourth-order valence-corrected chi connectivity index (χ4v) is 1.67. The molecule has 0 unspecified atom stereocenters. The van der Waals surface area contributed by atoms with Crippen molar-refractivity contribution in [1.82, 2.24) is 10.5 Å². The number of rotatable bonds is 4. The van der Waals surface area contributed by atoms with Gasteiger partial charge < -0.3 is 9.84 Å². The second-order valence-corrected chi connectivity index (χ2v) is 4.68. The minimum Gasteiger partial charge on any atom is -0.356 e. The SMILES string of the molecule is Cc1ccc(-c2oncc2CNC(C)C)cc1F. The molecule has 0 fully saturated rings. The standard InChI is InChI=1S/C14H17FN2O/c1-9(2)16-7-12-8-17-18-14(12)11-5-4-10(3)13(15)6-11/h4-6,8-9,16H,7H2,1-3H3. The molecule has 0 saturated carbocycles. The molecule has 0 spiro atoms. The summed E-state index contributed by atoms with van der Waals surface area (Å²) in [6.45, 7) is 6.53. The molecule has 1 aromatic carbocycles. The molecule has 0 aliphatic carbocycles. The van der Waals surface area contributed by atoms with Crippen LogP contribution in [0, 0.1) is 12.7 Å². The molecule has 4 heteroatoms. The molecular weight excluding hydrogens is 231 g/mol. The van der Waals surface area contributed by atoms with Crippen molar-refractivity contribution in [3.05, 3.63) is 41.3 Å². The quantitative estimate of drug-likeness (QED) is 0.902. The molecule has 3 nitrogen and oxygen atoms in total. The first-order valence-corrected chi connectivity index (χ1v) is 6.01. The Kier molecular flexibility index (Phi) is 3.77. The van der Waals surface area contributed by atoms with E-state index in [1.54, 1.807) is 19.2 Å². The van der Waals surface area contributed by atoms with E-state index in [4.69, 9.17) is 4.52 Å². The maximum absolute atomic E-state index is 13.5. The smallest absolute Gasteiger partial charge is 0.171 e. The van der Waals surface area contributed by atoms with Crippen molar-refractivity contribution in [2.75, 3.05) is 0 Å². The monoisotopic (exact) mass is 248 g/mol. The number of benzene rings is 1. The van der Waals surface area contributed by atoms with E-state index in [1.165, 1.54) is 6.07 Å². The molecule has 1 aromatic heterocycles. The van der Waals surface area contributed by atoms with Crippen LogP contribution in [0.3, 0.4) is 0 Å². The third-order valence-electron chi connectivity index (χ3n) is 2.78. The Morgan fingerprint density at radius 2 is 2.17 bits per heavy atom. The summed E-state index contributed by atoms with van der Waals surface area (Å²) in [5, 5.41) is 7.08. The molecule has 0 amide bonds. The van der Waals surface area contributed by atoms with E-state index in [0.717, 1.165) is 11.1 Å². The zero-order chi connectivity index (χ0) is 13.1. The van der Waals surface area contributed by atoms with E-state index >= 15 is 0 Å². The predicted octanol–water partition coefficient (Wildman–Crippen LogP) is 3.29. The van der Waals surface area contributed by atoms with Crippen molar-refractivity contribution in [1.29, 1.82) is 0 Å². The fourth-order valence-electron chi connectivity index (χ4n) is 1.67. The van der Waals surface area contributed by atoms with E-state index in [1.807, 2.05) is 6.07 Å². The van der Waals surface area contributed by atoms with E-state index < -0.39 is 0 Å². The van der Waals surface area contributed by atoms with E-state index in [0.29, 0.717) is 23.9 Å². The van der Waals surface area contributed by atoms with Gasteiger partial charge in [-0.3, -0.25) is 0 Å². The summed E-state index contributed by atoms with van der Waals surface area (Å²) in [6.07, 6.45) is 1.67. The summed E-state index contributed by atoms with van der Waals surface area (Å²) in [7, 11) is 0. The van der Waals surface area contributed by atoms with Crippen LogP contribution in [0.15, 0.2) is 28.9 Å². The van der Waals surface area contributed by atoms with Gasteiger partial charge >= 0.3 is 0 Å². The zero-order valence-electron chi connectivity index (χ0n) is 10.8. The topological polar surface area (TPSA) is 38.1 Å². The van der Waals surface area contributed by atoms with Gasteiger partial charge in [0.1, 0.15) is 5.82 Å². The van der Waals surface area contributed by atoms with Gasteiger partial charge in [-0.15, -0.1) is 0 Å². The summed E-state index contributed by atoms with van der Waals surface area (Å²) in [6, 6.07) is 5.45. The highest BCUT2D eigenvalue weighted by Crippen LogP contribution is 2.25. The summed E-state index contributed by atoms with van der Waals surface area (Å²) in [5.74, 6) is 0.397. The lowest BCUT2D eigenvalue weighted by atomic mass is 10.1. The molecule has 96 valence electrons. The first kappa shape index (κ1) is 12.8. The number of hydrogen-bond acceptors (Lipinski definition) is 3. The maximum Gasteiger partial charge on any atom is 0.171 e. The lowest BCUT2D eigenvalue weighted by Crippen LogP contribution is -2.21. The van der Waals surface area contributed by atoms with Gasteiger partial charge in [0.05, 0.1) is 6.20 Å². The molecule has 2 rings (SSSR count). The third-order valence-corrected chi connectivity index (χ3v) is 2.78. The first-order valence-electron chi connectivity index (χ1n) is 6.01. The predicted molar refractivity (Wildman–Crippen MR) is 68.6 cm³/mol. The Balaban J connectivity index is 2.27. The molecule has 2 aromatic rings. The molecule has 18 heavy (non-hydrogen) atoms. The van der Waals surface area contributed by atoms with Crippen LogP contribution < -0.4 is 5.32 Å². The largest absolute Gasteiger partial charge is 0.356 e. The molecular formula is C14H17FN2O. The van der Waals surface area contributed by atoms with Crippen LogP contribution in [0.2, 0.25) is 0 Å². The van der Waals surface area contributed by atoms with Gasteiger partial charge in [-0.2, -0.15) is 0 Å². The number of halogens is 1. The number of nitrogens with one attached hydrogen (secondary N) is 1. The zero-order valence-corrected chi connectivity index (χ0v) is 10.8. The molecule has 0 bridgehead atoms. The normalized spacial score (nSPS) is 11.2. The summed E-state index contributed by atoms with van der Waals surface area (Å²) in [5.41, 5.74) is 2.28. The second-order valence-electron chi connectivity index (χ2n) is 4.68. The van der Waals surface area contributed by atoms with Gasteiger partial charge in [-0.05, 0) is 18.6 Å². The Bertz CT molecular complexity index is 534. The van der Waals surface area contributed by atoms with Crippen molar-refractivity contribution < 1.29 is 8.91 Å². The average molecular weight is 248 g/mol. The molecule has 0 saturated heterocycles. The van der Waals surface area contributed by atoms with E-state index in [2.05, 4.69) is 24.3 Å². The average Bonchev–Trinajstić information content (AvgIpc) is 2.78. The Hall–Kier alpha value is -1.68. The number of aromatic nitrogens is 1. The maximum atomic E-state index is 13.5. The van der Waals surface area contributed by atoms with Crippen molar-refractivity contribution >= 4 is 0 Å². The summed E-state index contributed by atoms with van der Waals surface area (Å²) in [4.78, 5) is 0. The minimum atomic E-state index is -0.230. The van der Waals surface area contributed by atoms with Gasteiger partial charge in [-0.1, -0.05) is 31.1 Å². The number of nitrogens with zero attached hydrogens (tertiary/aromatic N) is 1. The van der Waals surface area contributed by atoms with Crippen LogP contribution in [0.5, 0.6) is 0 Å². The minimum absolute atomic E-state index is 0.230. The van der Waals surface area contributed by atoms with Gasteiger partial charge in [0, 0.05) is 23.7 Å². The van der Waals surface area contributed by atoms with Crippen molar-refractivity contribution in [3.63, 3.8) is 0 Å². The van der Waals surface area contributed by atoms with Crippen LogP contribution >= 0.6 is 0 Å². The van der Waals surface area contributed by atoms with Crippen molar-refractivity contribution in [2.24, 2.45) is 0 Å². The third kappa shape index (κ3) is 2.76.